The minimum atomic E-state index is -0.974. The molecule has 210 valence electrons. The number of rotatable bonds is 9. The van der Waals surface area contributed by atoms with Gasteiger partial charge in [-0.05, 0) is 55.9 Å². The van der Waals surface area contributed by atoms with E-state index in [0.717, 1.165) is 5.56 Å². The molecule has 1 aliphatic rings. The van der Waals surface area contributed by atoms with Gasteiger partial charge in [0.15, 0.2) is 5.75 Å². The summed E-state index contributed by atoms with van der Waals surface area (Å²) in [6, 6.07) is 14.6. The van der Waals surface area contributed by atoms with E-state index in [0.29, 0.717) is 36.4 Å². The first kappa shape index (κ1) is 28.7. The molecule has 10 nitrogen and oxygen atoms in total. The molecule has 0 saturated carbocycles. The Bertz CT molecular complexity index is 1350. The number of ether oxygens (including phenoxy) is 1. The normalized spacial score (nSPS) is 17.8. The van der Waals surface area contributed by atoms with Crippen LogP contribution >= 0.6 is 0 Å². The number of benzene rings is 2. The molecule has 2 aromatic carbocycles. The van der Waals surface area contributed by atoms with Crippen LogP contribution in [0.1, 0.15) is 50.5 Å². The van der Waals surface area contributed by atoms with Crippen molar-refractivity contribution in [2.45, 2.75) is 32.5 Å². The molecule has 3 atom stereocenters. The van der Waals surface area contributed by atoms with Crippen molar-refractivity contribution in [2.24, 2.45) is 5.92 Å². The third-order valence-corrected chi connectivity index (χ3v) is 7.03. The van der Waals surface area contributed by atoms with Crippen LogP contribution in [0.2, 0.25) is 0 Å². The van der Waals surface area contributed by atoms with Crippen molar-refractivity contribution in [3.05, 3.63) is 89.2 Å². The molecule has 40 heavy (non-hydrogen) atoms. The molecule has 0 saturated heterocycles. The first-order chi connectivity index (χ1) is 19.2. The summed E-state index contributed by atoms with van der Waals surface area (Å²) in [5.74, 6) is -1.46. The fourth-order valence-corrected chi connectivity index (χ4v) is 4.69. The molecule has 0 bridgehead atoms. The number of fused-ring (bicyclic) bond motifs is 1. The van der Waals surface area contributed by atoms with Crippen molar-refractivity contribution < 1.29 is 29.3 Å². The Labute approximate surface area is 233 Å². The minimum absolute atomic E-state index is 0.119. The van der Waals surface area contributed by atoms with Gasteiger partial charge in [0.2, 0.25) is 0 Å². The highest BCUT2D eigenvalue weighted by atomic mass is 16.5. The average molecular weight is 547 g/mol. The van der Waals surface area contributed by atoms with Crippen molar-refractivity contribution in [3.8, 4) is 5.75 Å². The number of aliphatic hydroxyl groups is 1. The smallest absolute Gasteiger partial charge is 0.335 e. The molecular weight excluding hydrogens is 512 g/mol. The monoisotopic (exact) mass is 546 g/mol. The SMILES string of the molecule is C[C@H](CO)N1C[C@H](C)[C@@H](CN(C)Cc2ccc(C(=O)O)cc2)Oc2c(NC(=O)c3ccncc3)cccc2C1=O. The summed E-state index contributed by atoms with van der Waals surface area (Å²) in [6.45, 7) is 5.01. The lowest BCUT2D eigenvalue weighted by Crippen LogP contribution is -2.49. The van der Waals surface area contributed by atoms with Crippen LogP contribution < -0.4 is 10.1 Å². The Morgan fingerprint density at radius 1 is 1.12 bits per heavy atom. The largest absolute Gasteiger partial charge is 0.486 e. The topological polar surface area (TPSA) is 132 Å². The number of carbonyl (C=O) groups excluding carboxylic acids is 2. The summed E-state index contributed by atoms with van der Waals surface area (Å²) in [5.41, 5.74) is 2.26. The summed E-state index contributed by atoms with van der Waals surface area (Å²) >= 11 is 0. The molecule has 0 aliphatic carbocycles. The molecular formula is C30H34N4O6. The lowest BCUT2D eigenvalue weighted by molar-refractivity contribution is 0.0343. The Balaban J connectivity index is 1.64. The number of hydrogen-bond acceptors (Lipinski definition) is 7. The van der Waals surface area contributed by atoms with Crippen LogP contribution in [-0.2, 0) is 6.54 Å². The van der Waals surface area contributed by atoms with Gasteiger partial charge in [-0.15, -0.1) is 0 Å². The Morgan fingerprint density at radius 2 is 1.82 bits per heavy atom. The zero-order chi connectivity index (χ0) is 28.8. The van der Waals surface area contributed by atoms with Crippen molar-refractivity contribution in [2.75, 3.05) is 32.1 Å². The van der Waals surface area contributed by atoms with E-state index in [1.807, 2.05) is 14.0 Å². The van der Waals surface area contributed by atoms with Gasteiger partial charge in [0.05, 0.1) is 29.5 Å². The van der Waals surface area contributed by atoms with Gasteiger partial charge in [-0.3, -0.25) is 19.5 Å². The zero-order valence-electron chi connectivity index (χ0n) is 22.8. The van der Waals surface area contributed by atoms with Crippen LogP contribution in [0.5, 0.6) is 5.75 Å². The fourth-order valence-electron chi connectivity index (χ4n) is 4.69. The quantitative estimate of drug-likeness (QED) is 0.372. The van der Waals surface area contributed by atoms with Gasteiger partial charge in [-0.1, -0.05) is 25.1 Å². The second kappa shape index (κ2) is 12.7. The van der Waals surface area contributed by atoms with Crippen molar-refractivity contribution in [1.82, 2.24) is 14.8 Å². The number of hydrogen-bond donors (Lipinski definition) is 3. The summed E-state index contributed by atoms with van der Waals surface area (Å²) in [4.78, 5) is 45.5. The first-order valence-electron chi connectivity index (χ1n) is 13.1. The van der Waals surface area contributed by atoms with Gasteiger partial charge >= 0.3 is 5.97 Å². The van der Waals surface area contributed by atoms with Gasteiger partial charge < -0.3 is 25.2 Å². The third-order valence-electron chi connectivity index (χ3n) is 7.03. The number of nitrogens with zero attached hydrogens (tertiary/aromatic N) is 3. The predicted octanol–water partition coefficient (Wildman–Crippen LogP) is 3.38. The highest BCUT2D eigenvalue weighted by Gasteiger charge is 2.34. The fraction of sp³-hybridized carbons (Fsp3) is 0.333. The maximum Gasteiger partial charge on any atom is 0.335 e. The summed E-state index contributed by atoms with van der Waals surface area (Å²) < 4.78 is 6.55. The van der Waals surface area contributed by atoms with E-state index in [-0.39, 0.29) is 41.8 Å². The van der Waals surface area contributed by atoms with Crippen LogP contribution in [-0.4, -0.2) is 81.7 Å². The maximum absolute atomic E-state index is 13.7. The number of carboxylic acids is 1. The molecule has 3 aromatic rings. The molecule has 0 radical (unpaired) electrons. The van der Waals surface area contributed by atoms with Gasteiger partial charge in [0.1, 0.15) is 6.10 Å². The van der Waals surface area contributed by atoms with Gasteiger partial charge in [0.25, 0.3) is 11.8 Å². The van der Waals surface area contributed by atoms with E-state index in [9.17, 15) is 24.6 Å². The van der Waals surface area contributed by atoms with Crippen LogP contribution in [0.15, 0.2) is 67.0 Å². The predicted molar refractivity (Wildman–Crippen MR) is 150 cm³/mol. The van der Waals surface area contributed by atoms with E-state index >= 15 is 0 Å². The number of aromatic nitrogens is 1. The number of nitrogens with one attached hydrogen (secondary N) is 1. The van der Waals surface area contributed by atoms with Crippen LogP contribution in [0.3, 0.4) is 0 Å². The zero-order valence-corrected chi connectivity index (χ0v) is 22.8. The number of carbonyl (C=O) groups is 3. The lowest BCUT2D eigenvalue weighted by Gasteiger charge is -2.38. The molecule has 0 fully saturated rings. The van der Waals surface area contributed by atoms with Crippen molar-refractivity contribution >= 4 is 23.5 Å². The van der Waals surface area contributed by atoms with Crippen LogP contribution in [0.25, 0.3) is 0 Å². The second-order valence-electron chi connectivity index (χ2n) is 10.2. The lowest BCUT2D eigenvalue weighted by atomic mass is 9.98. The number of pyridine rings is 1. The standard InChI is InChI=1S/C30H34N4O6/c1-19-15-34(20(2)18-35)29(37)24-5-4-6-25(32-28(36)22-11-13-31-14-12-22)27(24)40-26(19)17-33(3)16-21-7-9-23(10-8-21)30(38)39/h4-14,19-20,26,35H,15-18H2,1-3H3,(H,32,36)(H,38,39)/t19-,20+,26+/m0/s1. The molecule has 1 aliphatic heterocycles. The number of para-hydroxylation sites is 1. The summed E-state index contributed by atoms with van der Waals surface area (Å²) in [7, 11) is 1.94. The van der Waals surface area contributed by atoms with Gasteiger partial charge in [-0.2, -0.15) is 0 Å². The number of carboxylic acid groups (broad SMARTS) is 1. The molecule has 1 aromatic heterocycles. The summed E-state index contributed by atoms with van der Waals surface area (Å²) in [5, 5.41) is 22.0. The van der Waals surface area contributed by atoms with E-state index in [1.165, 1.54) is 12.4 Å². The Morgan fingerprint density at radius 3 is 2.48 bits per heavy atom. The second-order valence-corrected chi connectivity index (χ2v) is 10.2. The molecule has 0 spiro atoms. The number of likely N-dealkylation sites (N-methyl/N-ethyl adjacent to an activating group) is 1. The number of aromatic carboxylic acids is 1. The molecule has 0 unspecified atom stereocenters. The number of anilines is 1. The molecule has 2 amide bonds. The van der Waals surface area contributed by atoms with Crippen LogP contribution in [0, 0.1) is 5.92 Å². The van der Waals surface area contributed by atoms with E-state index in [4.69, 9.17) is 4.74 Å². The van der Waals surface area contributed by atoms with Crippen molar-refractivity contribution in [3.63, 3.8) is 0 Å². The highest BCUT2D eigenvalue weighted by Crippen LogP contribution is 2.35. The Hall–Kier alpha value is -4.28. The van der Waals surface area contributed by atoms with Crippen molar-refractivity contribution in [1.29, 1.82) is 0 Å². The number of aliphatic hydroxyl groups excluding tert-OH is 1. The summed E-state index contributed by atoms with van der Waals surface area (Å²) in [6.07, 6.45) is 2.69. The van der Waals surface area contributed by atoms with Gasteiger partial charge in [-0.25, -0.2) is 4.79 Å². The number of amides is 2. The minimum Gasteiger partial charge on any atom is -0.486 e. The first-order valence-corrected chi connectivity index (χ1v) is 13.1. The van der Waals surface area contributed by atoms with E-state index in [2.05, 4.69) is 15.2 Å². The molecule has 3 N–H and O–H groups in total. The third kappa shape index (κ3) is 6.64. The average Bonchev–Trinajstić information content (AvgIpc) is 2.95. The molecule has 10 heteroatoms. The van der Waals surface area contributed by atoms with E-state index in [1.54, 1.807) is 66.4 Å². The van der Waals surface area contributed by atoms with Crippen LogP contribution in [0.4, 0.5) is 5.69 Å². The Kier molecular flexibility index (Phi) is 9.13. The molecule has 4 rings (SSSR count). The maximum atomic E-state index is 13.7. The van der Waals surface area contributed by atoms with Gasteiger partial charge in [0, 0.05) is 43.5 Å². The molecule has 2 heterocycles. The van der Waals surface area contributed by atoms with E-state index < -0.39 is 12.0 Å². The highest BCUT2D eigenvalue weighted by molar-refractivity contribution is 6.07.